The minimum absolute atomic E-state index is 1.33. The molecule has 0 N–H and O–H groups in total. The highest BCUT2D eigenvalue weighted by Gasteiger charge is 2.35. The van der Waals surface area contributed by atoms with E-state index in [1.807, 2.05) is 0 Å². The number of hydrogen-bond acceptors (Lipinski definition) is 0. The van der Waals surface area contributed by atoms with Crippen molar-refractivity contribution in [3.05, 3.63) is 0 Å². The van der Waals surface area contributed by atoms with Crippen LogP contribution in [0.1, 0.15) is 39.5 Å². The van der Waals surface area contributed by atoms with Crippen LogP contribution < -0.4 is 0 Å². The minimum Gasteiger partial charge on any atom is -0.317 e. The van der Waals surface area contributed by atoms with E-state index in [0.29, 0.717) is 0 Å². The maximum Gasteiger partial charge on any atom is 0.128 e. The highest BCUT2D eigenvalue weighted by molar-refractivity contribution is 4.51. The molecule has 1 aliphatic rings. The first-order valence-electron chi connectivity index (χ1n) is 7.21. The van der Waals surface area contributed by atoms with E-state index in [4.69, 9.17) is 0 Å². The third kappa shape index (κ3) is 4.06. The summed E-state index contributed by atoms with van der Waals surface area (Å²) in [5.41, 5.74) is 0. The average Bonchev–Trinajstić information content (AvgIpc) is 2.29. The van der Waals surface area contributed by atoms with Crippen LogP contribution in [-0.4, -0.2) is 62.3 Å². The summed E-state index contributed by atoms with van der Waals surface area (Å²) in [6.45, 7) is 12.9. The molecule has 0 atom stereocenters. The van der Waals surface area contributed by atoms with Crippen LogP contribution in [0.2, 0.25) is 0 Å². The molecule has 96 valence electrons. The van der Waals surface area contributed by atoms with Gasteiger partial charge >= 0.3 is 0 Å². The zero-order valence-corrected chi connectivity index (χ0v) is 12.0. The van der Waals surface area contributed by atoms with Crippen molar-refractivity contribution >= 4 is 0 Å². The standard InChI is InChI=1S/C14H32N2/c1-5-7-9-15(3)11-13-16(4,14-12-15)10-8-6-2/h5-14H2,1-4H3/q+2. The quantitative estimate of drug-likeness (QED) is 0.613. The summed E-state index contributed by atoms with van der Waals surface area (Å²) in [6.07, 6.45) is 5.48. The number of piperazine rings is 1. The second kappa shape index (κ2) is 6.02. The van der Waals surface area contributed by atoms with Gasteiger partial charge in [-0.2, -0.15) is 0 Å². The Balaban J connectivity index is 2.36. The van der Waals surface area contributed by atoms with Crippen LogP contribution in [0.5, 0.6) is 0 Å². The molecule has 16 heavy (non-hydrogen) atoms. The SMILES string of the molecule is CCCC[N+]1(C)CC[N+](C)(CCCC)CC1. The molecule has 0 amide bonds. The molecule has 0 aromatic rings. The predicted octanol–water partition coefficient (Wildman–Crippen LogP) is 2.49. The Hall–Kier alpha value is -0.0800. The maximum absolute atomic E-state index is 2.46. The van der Waals surface area contributed by atoms with Gasteiger partial charge in [-0.3, -0.25) is 0 Å². The zero-order chi connectivity index (χ0) is 12.1. The summed E-state index contributed by atoms with van der Waals surface area (Å²) in [5, 5.41) is 0. The Bertz CT molecular complexity index is 171. The fraction of sp³-hybridized carbons (Fsp3) is 1.00. The van der Waals surface area contributed by atoms with Crippen molar-refractivity contribution in [2.75, 3.05) is 53.4 Å². The maximum atomic E-state index is 2.46. The summed E-state index contributed by atoms with van der Waals surface area (Å²) in [7, 11) is 4.91. The Morgan fingerprint density at radius 2 is 1.00 bits per heavy atom. The molecule has 0 bridgehead atoms. The predicted molar refractivity (Wildman–Crippen MR) is 71.4 cm³/mol. The van der Waals surface area contributed by atoms with Gasteiger partial charge in [0, 0.05) is 0 Å². The molecule has 0 spiro atoms. The molecule has 0 saturated carbocycles. The van der Waals surface area contributed by atoms with Gasteiger partial charge in [-0.25, -0.2) is 0 Å². The summed E-state index contributed by atoms with van der Waals surface area (Å²) < 4.78 is 2.65. The van der Waals surface area contributed by atoms with Crippen LogP contribution in [0, 0.1) is 0 Å². The van der Waals surface area contributed by atoms with E-state index in [2.05, 4.69) is 27.9 Å². The van der Waals surface area contributed by atoms with E-state index < -0.39 is 0 Å². The lowest BCUT2D eigenvalue weighted by molar-refractivity contribution is -1.02. The molecule has 0 radical (unpaired) electrons. The number of likely N-dealkylation sites (N-methyl/N-ethyl adjacent to an activating group) is 2. The van der Waals surface area contributed by atoms with E-state index in [1.54, 1.807) is 0 Å². The molecule has 1 fully saturated rings. The minimum atomic E-state index is 1.33. The molecular formula is C14H32N2+2. The second-order valence-electron chi connectivity index (χ2n) is 6.29. The fourth-order valence-electron chi connectivity index (χ4n) is 2.72. The van der Waals surface area contributed by atoms with Crippen LogP contribution in [0.15, 0.2) is 0 Å². The Kier molecular flexibility index (Phi) is 5.26. The Morgan fingerprint density at radius 3 is 1.25 bits per heavy atom. The number of hydrogen-bond donors (Lipinski definition) is 0. The van der Waals surface area contributed by atoms with Gasteiger partial charge in [0.15, 0.2) is 0 Å². The van der Waals surface area contributed by atoms with Crippen LogP contribution in [0.4, 0.5) is 0 Å². The Labute approximate surface area is 102 Å². The normalized spacial score (nSPS) is 35.2. The molecule has 1 saturated heterocycles. The van der Waals surface area contributed by atoms with Crippen LogP contribution in [0.3, 0.4) is 0 Å². The van der Waals surface area contributed by atoms with Gasteiger partial charge < -0.3 is 8.97 Å². The molecule has 0 aromatic carbocycles. The molecule has 1 rings (SSSR count). The molecule has 2 heteroatoms. The largest absolute Gasteiger partial charge is 0.317 e. The lowest BCUT2D eigenvalue weighted by Gasteiger charge is -2.46. The van der Waals surface area contributed by atoms with E-state index in [-0.39, 0.29) is 0 Å². The highest BCUT2D eigenvalue weighted by Crippen LogP contribution is 2.17. The smallest absolute Gasteiger partial charge is 0.128 e. The summed E-state index contributed by atoms with van der Waals surface area (Å²) in [4.78, 5) is 0. The Morgan fingerprint density at radius 1 is 0.688 bits per heavy atom. The van der Waals surface area contributed by atoms with Crippen molar-refractivity contribution in [3.8, 4) is 0 Å². The van der Waals surface area contributed by atoms with Gasteiger partial charge in [0.05, 0.1) is 27.2 Å². The first-order valence-corrected chi connectivity index (χ1v) is 7.21. The van der Waals surface area contributed by atoms with E-state index in [1.165, 1.54) is 73.9 Å². The van der Waals surface area contributed by atoms with Crippen LogP contribution in [-0.2, 0) is 0 Å². The van der Waals surface area contributed by atoms with E-state index >= 15 is 0 Å². The highest BCUT2D eigenvalue weighted by atomic mass is 15.4. The topological polar surface area (TPSA) is 0 Å². The average molecular weight is 228 g/mol. The lowest BCUT2D eigenvalue weighted by atomic mass is 10.1. The van der Waals surface area contributed by atoms with Gasteiger partial charge in [-0.15, -0.1) is 0 Å². The zero-order valence-electron chi connectivity index (χ0n) is 12.0. The van der Waals surface area contributed by atoms with Crippen molar-refractivity contribution in [1.82, 2.24) is 0 Å². The van der Waals surface area contributed by atoms with E-state index in [0.717, 1.165) is 0 Å². The first-order chi connectivity index (χ1) is 7.54. The van der Waals surface area contributed by atoms with Gasteiger partial charge in [-0.1, -0.05) is 26.7 Å². The fourth-order valence-corrected chi connectivity index (χ4v) is 2.72. The van der Waals surface area contributed by atoms with Gasteiger partial charge in [0.2, 0.25) is 0 Å². The van der Waals surface area contributed by atoms with Crippen molar-refractivity contribution in [1.29, 1.82) is 0 Å². The van der Waals surface area contributed by atoms with Crippen LogP contribution >= 0.6 is 0 Å². The molecule has 2 nitrogen and oxygen atoms in total. The number of nitrogens with zero attached hydrogens (tertiary/aromatic N) is 2. The second-order valence-corrected chi connectivity index (χ2v) is 6.29. The number of unbranched alkanes of at least 4 members (excludes halogenated alkanes) is 2. The van der Waals surface area contributed by atoms with Crippen LogP contribution in [0.25, 0.3) is 0 Å². The summed E-state index contributed by atoms with van der Waals surface area (Å²) >= 11 is 0. The molecule has 1 aliphatic heterocycles. The molecular weight excluding hydrogens is 196 g/mol. The monoisotopic (exact) mass is 228 g/mol. The van der Waals surface area contributed by atoms with Crippen molar-refractivity contribution < 1.29 is 8.97 Å². The molecule has 1 heterocycles. The van der Waals surface area contributed by atoms with Crippen molar-refractivity contribution in [3.63, 3.8) is 0 Å². The third-order valence-electron chi connectivity index (χ3n) is 4.46. The van der Waals surface area contributed by atoms with Gasteiger partial charge in [0.25, 0.3) is 0 Å². The van der Waals surface area contributed by atoms with Crippen molar-refractivity contribution in [2.24, 2.45) is 0 Å². The summed E-state index contributed by atoms with van der Waals surface area (Å²) in [5.74, 6) is 0. The third-order valence-corrected chi connectivity index (χ3v) is 4.46. The first kappa shape index (κ1) is 14.0. The number of quaternary nitrogens is 2. The molecule has 0 aliphatic carbocycles. The number of rotatable bonds is 6. The lowest BCUT2D eigenvalue weighted by Crippen LogP contribution is -2.64. The van der Waals surface area contributed by atoms with Crippen molar-refractivity contribution in [2.45, 2.75) is 39.5 Å². The molecule has 0 aromatic heterocycles. The molecule has 0 unspecified atom stereocenters. The summed E-state index contributed by atoms with van der Waals surface area (Å²) in [6, 6.07) is 0. The van der Waals surface area contributed by atoms with E-state index in [9.17, 15) is 0 Å². The van der Waals surface area contributed by atoms with Gasteiger partial charge in [-0.05, 0) is 12.8 Å². The van der Waals surface area contributed by atoms with Gasteiger partial charge in [0.1, 0.15) is 26.2 Å².